The van der Waals surface area contributed by atoms with E-state index in [1.54, 1.807) is 0 Å². The Bertz CT molecular complexity index is 594. The Hall–Kier alpha value is -1.62. The van der Waals surface area contributed by atoms with Gasteiger partial charge in [0.1, 0.15) is 13.2 Å². The molecule has 0 saturated heterocycles. The van der Waals surface area contributed by atoms with E-state index in [9.17, 15) is 4.79 Å². The van der Waals surface area contributed by atoms with Gasteiger partial charge in [-0.2, -0.15) is 0 Å². The molecule has 0 bridgehead atoms. The molecule has 1 aliphatic heterocycles. The largest absolute Gasteiger partial charge is 0.486 e. The van der Waals surface area contributed by atoms with Gasteiger partial charge in [-0.15, -0.1) is 0 Å². The number of amides is 2. The summed E-state index contributed by atoms with van der Waals surface area (Å²) >= 11 is 6.23. The van der Waals surface area contributed by atoms with Crippen LogP contribution in [0.5, 0.6) is 11.5 Å². The van der Waals surface area contributed by atoms with Crippen molar-refractivity contribution in [2.45, 2.75) is 45.1 Å². The number of nitrogens with one attached hydrogen (secondary N) is 2. The zero-order valence-corrected chi connectivity index (χ0v) is 14.8. The van der Waals surface area contributed by atoms with Crippen molar-refractivity contribution < 1.29 is 14.3 Å². The van der Waals surface area contributed by atoms with Crippen LogP contribution in [0.4, 0.5) is 4.79 Å². The number of rotatable bonds is 4. The van der Waals surface area contributed by atoms with E-state index in [0.29, 0.717) is 54.7 Å². The summed E-state index contributed by atoms with van der Waals surface area (Å²) in [4.78, 5) is 12.1. The fourth-order valence-electron chi connectivity index (χ4n) is 3.38. The van der Waals surface area contributed by atoms with Crippen LogP contribution in [0.15, 0.2) is 12.1 Å². The zero-order valence-electron chi connectivity index (χ0n) is 14.1. The van der Waals surface area contributed by atoms with Crippen LogP contribution in [0.25, 0.3) is 0 Å². The summed E-state index contributed by atoms with van der Waals surface area (Å²) in [5.41, 5.74) is 1.02. The molecule has 6 heteroatoms. The van der Waals surface area contributed by atoms with Gasteiger partial charge in [0.25, 0.3) is 0 Å². The second kappa shape index (κ2) is 7.97. The first kappa shape index (κ1) is 17.2. The van der Waals surface area contributed by atoms with E-state index in [4.69, 9.17) is 21.1 Å². The summed E-state index contributed by atoms with van der Waals surface area (Å²) in [7, 11) is 0. The highest BCUT2D eigenvalue weighted by Gasteiger charge is 2.22. The lowest BCUT2D eigenvalue weighted by molar-refractivity contribution is 0.171. The van der Waals surface area contributed by atoms with Gasteiger partial charge < -0.3 is 20.1 Å². The van der Waals surface area contributed by atoms with Crippen molar-refractivity contribution in [3.63, 3.8) is 0 Å². The summed E-state index contributed by atoms with van der Waals surface area (Å²) < 4.78 is 11.1. The maximum absolute atomic E-state index is 12.1. The molecule has 2 atom stereocenters. The predicted octanol–water partition coefficient (Wildman–Crippen LogP) is 3.53. The third-order valence-corrected chi connectivity index (χ3v) is 5.06. The van der Waals surface area contributed by atoms with Gasteiger partial charge in [0, 0.05) is 12.6 Å². The minimum atomic E-state index is -0.0857. The van der Waals surface area contributed by atoms with Crippen LogP contribution in [-0.4, -0.2) is 31.8 Å². The van der Waals surface area contributed by atoms with Crippen LogP contribution in [0, 0.1) is 5.92 Å². The highest BCUT2D eigenvalue weighted by Crippen LogP contribution is 2.38. The molecule has 1 saturated carbocycles. The fourth-order valence-corrected chi connectivity index (χ4v) is 3.67. The summed E-state index contributed by atoms with van der Waals surface area (Å²) in [5, 5.41) is 6.59. The molecule has 2 aliphatic rings. The average Bonchev–Trinajstić information content (AvgIpc) is 2.57. The number of hydrogen-bond donors (Lipinski definition) is 2. The number of carbonyl (C=O) groups is 1. The SMILES string of the molecule is C[C@@H]1CCCC[C@@H]1NC(=O)NCCc1cc(Cl)c2c(c1)OCCO2. The van der Waals surface area contributed by atoms with E-state index < -0.39 is 0 Å². The van der Waals surface area contributed by atoms with E-state index >= 15 is 0 Å². The Labute approximate surface area is 148 Å². The molecule has 0 aromatic heterocycles. The minimum absolute atomic E-state index is 0.0857. The third-order valence-electron chi connectivity index (χ3n) is 4.78. The third kappa shape index (κ3) is 4.26. The fraction of sp³-hybridized carbons (Fsp3) is 0.611. The van der Waals surface area contributed by atoms with Gasteiger partial charge in [0.15, 0.2) is 11.5 Å². The van der Waals surface area contributed by atoms with Gasteiger partial charge >= 0.3 is 6.03 Å². The van der Waals surface area contributed by atoms with Crippen molar-refractivity contribution in [3.05, 3.63) is 22.7 Å². The molecule has 24 heavy (non-hydrogen) atoms. The molecule has 1 aliphatic carbocycles. The molecule has 1 aromatic rings. The number of urea groups is 1. The van der Waals surface area contributed by atoms with Crippen molar-refractivity contribution in [1.82, 2.24) is 10.6 Å². The second-order valence-corrected chi connectivity index (χ2v) is 7.03. The van der Waals surface area contributed by atoms with Gasteiger partial charge in [-0.3, -0.25) is 0 Å². The number of fused-ring (bicyclic) bond motifs is 1. The monoisotopic (exact) mass is 352 g/mol. The molecule has 3 rings (SSSR count). The van der Waals surface area contributed by atoms with Crippen LogP contribution < -0.4 is 20.1 Å². The quantitative estimate of drug-likeness (QED) is 0.871. The molecule has 0 spiro atoms. The molecule has 0 radical (unpaired) electrons. The molecular formula is C18H25ClN2O3. The lowest BCUT2D eigenvalue weighted by Gasteiger charge is -2.29. The van der Waals surface area contributed by atoms with E-state index in [-0.39, 0.29) is 6.03 Å². The van der Waals surface area contributed by atoms with Gasteiger partial charge in [-0.05, 0) is 42.9 Å². The Balaban J connectivity index is 1.47. The van der Waals surface area contributed by atoms with Crippen LogP contribution in [0.2, 0.25) is 5.02 Å². The Kier molecular flexibility index (Phi) is 5.72. The standard InChI is InChI=1S/C18H25ClN2O3/c1-12-4-2-3-5-15(12)21-18(22)20-7-6-13-10-14(19)17-16(11-13)23-8-9-24-17/h10-12,15H,2-9H2,1H3,(H2,20,21,22)/t12-,15+/m1/s1. The number of hydrogen-bond acceptors (Lipinski definition) is 3. The van der Waals surface area contributed by atoms with E-state index in [1.165, 1.54) is 19.3 Å². The average molecular weight is 353 g/mol. The molecule has 5 nitrogen and oxygen atoms in total. The van der Waals surface area contributed by atoms with Gasteiger partial charge in [-0.1, -0.05) is 31.4 Å². The second-order valence-electron chi connectivity index (χ2n) is 6.62. The van der Waals surface area contributed by atoms with E-state index in [1.807, 2.05) is 12.1 Å². The first-order chi connectivity index (χ1) is 11.6. The van der Waals surface area contributed by atoms with Crippen molar-refractivity contribution in [3.8, 4) is 11.5 Å². The van der Waals surface area contributed by atoms with E-state index in [2.05, 4.69) is 17.6 Å². The summed E-state index contributed by atoms with van der Waals surface area (Å²) in [6.07, 6.45) is 5.44. The number of halogens is 1. The highest BCUT2D eigenvalue weighted by atomic mass is 35.5. The van der Waals surface area contributed by atoms with Crippen LogP contribution >= 0.6 is 11.6 Å². The lowest BCUT2D eigenvalue weighted by Crippen LogP contribution is -2.46. The van der Waals surface area contributed by atoms with Crippen molar-refractivity contribution >= 4 is 17.6 Å². The zero-order chi connectivity index (χ0) is 16.9. The summed E-state index contributed by atoms with van der Waals surface area (Å²) in [6, 6.07) is 4.01. The first-order valence-corrected chi connectivity index (χ1v) is 9.13. The molecule has 0 unspecified atom stereocenters. The molecular weight excluding hydrogens is 328 g/mol. The number of benzene rings is 1. The van der Waals surface area contributed by atoms with Gasteiger partial charge in [-0.25, -0.2) is 4.79 Å². The van der Waals surface area contributed by atoms with Gasteiger partial charge in [0.2, 0.25) is 0 Å². The topological polar surface area (TPSA) is 59.6 Å². The molecule has 2 N–H and O–H groups in total. The first-order valence-electron chi connectivity index (χ1n) is 8.76. The molecule has 1 heterocycles. The van der Waals surface area contributed by atoms with Gasteiger partial charge in [0.05, 0.1) is 5.02 Å². The van der Waals surface area contributed by atoms with Crippen LogP contribution in [-0.2, 0) is 6.42 Å². The molecule has 1 fully saturated rings. The molecule has 132 valence electrons. The Morgan fingerprint density at radius 1 is 1.25 bits per heavy atom. The van der Waals surface area contributed by atoms with Crippen molar-refractivity contribution in [1.29, 1.82) is 0 Å². The molecule has 2 amide bonds. The van der Waals surface area contributed by atoms with Crippen molar-refractivity contribution in [2.24, 2.45) is 5.92 Å². The maximum Gasteiger partial charge on any atom is 0.315 e. The smallest absolute Gasteiger partial charge is 0.315 e. The Morgan fingerprint density at radius 3 is 2.88 bits per heavy atom. The summed E-state index contributed by atoms with van der Waals surface area (Å²) in [5.74, 6) is 1.86. The summed E-state index contributed by atoms with van der Waals surface area (Å²) in [6.45, 7) is 3.82. The minimum Gasteiger partial charge on any atom is -0.486 e. The lowest BCUT2D eigenvalue weighted by atomic mass is 9.86. The number of carbonyl (C=O) groups excluding carboxylic acids is 1. The Morgan fingerprint density at radius 2 is 2.04 bits per heavy atom. The van der Waals surface area contributed by atoms with Crippen LogP contribution in [0.3, 0.4) is 0 Å². The number of ether oxygens (including phenoxy) is 2. The molecule has 1 aromatic carbocycles. The highest BCUT2D eigenvalue weighted by molar-refractivity contribution is 6.32. The van der Waals surface area contributed by atoms with E-state index in [0.717, 1.165) is 12.0 Å². The van der Waals surface area contributed by atoms with Crippen LogP contribution in [0.1, 0.15) is 38.2 Å². The normalized spacial score (nSPS) is 22.8. The predicted molar refractivity (Wildman–Crippen MR) is 94.1 cm³/mol. The maximum atomic E-state index is 12.1. The van der Waals surface area contributed by atoms with Crippen molar-refractivity contribution in [2.75, 3.05) is 19.8 Å².